The van der Waals surface area contributed by atoms with Gasteiger partial charge in [-0.25, -0.2) is 22.5 Å². The van der Waals surface area contributed by atoms with Crippen molar-refractivity contribution in [1.82, 2.24) is 14.6 Å². The van der Waals surface area contributed by atoms with Crippen LogP contribution < -0.4 is 4.72 Å². The zero-order chi connectivity index (χ0) is 24.1. The van der Waals surface area contributed by atoms with Gasteiger partial charge in [0.1, 0.15) is 5.82 Å². The number of rotatable bonds is 8. The van der Waals surface area contributed by atoms with E-state index in [1.165, 1.54) is 12.1 Å². The maximum Gasteiger partial charge on any atom is 0.240 e. The van der Waals surface area contributed by atoms with Gasteiger partial charge in [0.2, 0.25) is 15.9 Å². The van der Waals surface area contributed by atoms with E-state index in [1.54, 1.807) is 47.5 Å². The fourth-order valence-corrected chi connectivity index (χ4v) is 5.15. The van der Waals surface area contributed by atoms with Crippen molar-refractivity contribution in [2.45, 2.75) is 37.5 Å². The van der Waals surface area contributed by atoms with E-state index in [-0.39, 0.29) is 29.0 Å². The average Bonchev–Trinajstić information content (AvgIpc) is 3.31. The number of halogens is 1. The summed E-state index contributed by atoms with van der Waals surface area (Å²) in [6.07, 6.45) is 3.88. The van der Waals surface area contributed by atoms with Gasteiger partial charge in [0.25, 0.3) is 0 Å². The number of carbonyl (C=O) groups is 1. The Kier molecular flexibility index (Phi) is 7.43. The number of amides is 1. The second-order valence-corrected chi connectivity index (χ2v) is 10.4. The number of carbonyl (C=O) groups excluding carboxylic acids is 1. The van der Waals surface area contributed by atoms with E-state index in [0.717, 1.165) is 24.0 Å². The van der Waals surface area contributed by atoms with E-state index < -0.39 is 10.0 Å². The maximum absolute atomic E-state index is 13.1. The smallest absolute Gasteiger partial charge is 0.240 e. The number of piperidine rings is 1. The minimum absolute atomic E-state index is 0.00683. The lowest BCUT2D eigenvalue weighted by atomic mass is 9.98. The summed E-state index contributed by atoms with van der Waals surface area (Å²) in [6.45, 7) is 3.37. The number of hydrogen-bond donors (Lipinski definition) is 1. The summed E-state index contributed by atoms with van der Waals surface area (Å²) >= 11 is 0. The van der Waals surface area contributed by atoms with E-state index in [4.69, 9.17) is 4.42 Å². The van der Waals surface area contributed by atoms with Crippen molar-refractivity contribution < 1.29 is 22.0 Å². The SMILES string of the molecule is Cc1ccc(S(=O)(=O)NCC2CCCN(C(=O)CCc3ncc(-c4ccc(F)cc4)o3)C2)cc1. The third-order valence-corrected chi connectivity index (χ3v) is 7.44. The first-order valence-electron chi connectivity index (χ1n) is 11.3. The van der Waals surface area contributed by atoms with Crippen molar-refractivity contribution >= 4 is 15.9 Å². The number of benzene rings is 2. The Morgan fingerprint density at radius 3 is 2.65 bits per heavy atom. The van der Waals surface area contributed by atoms with Crippen molar-refractivity contribution in [2.24, 2.45) is 5.92 Å². The maximum atomic E-state index is 13.1. The number of likely N-dealkylation sites (tertiary alicyclic amines) is 1. The molecule has 1 amide bonds. The summed E-state index contributed by atoms with van der Waals surface area (Å²) in [5.74, 6) is 0.711. The van der Waals surface area contributed by atoms with Gasteiger partial charge in [-0.05, 0) is 62.1 Å². The predicted octanol–water partition coefficient (Wildman–Crippen LogP) is 3.94. The van der Waals surface area contributed by atoms with Crippen LogP contribution in [0, 0.1) is 18.7 Å². The molecule has 2 aromatic carbocycles. The van der Waals surface area contributed by atoms with Crippen LogP contribution >= 0.6 is 0 Å². The second kappa shape index (κ2) is 10.5. The van der Waals surface area contributed by atoms with Crippen LogP contribution in [0.1, 0.15) is 30.7 Å². The van der Waals surface area contributed by atoms with Crippen LogP contribution in [0.3, 0.4) is 0 Å². The minimum Gasteiger partial charge on any atom is -0.441 e. The number of nitrogens with one attached hydrogen (secondary N) is 1. The molecule has 9 heteroatoms. The first-order valence-corrected chi connectivity index (χ1v) is 12.8. The third kappa shape index (κ3) is 6.09. The highest BCUT2D eigenvalue weighted by atomic mass is 32.2. The van der Waals surface area contributed by atoms with Crippen LogP contribution in [0.4, 0.5) is 4.39 Å². The van der Waals surface area contributed by atoms with Crippen LogP contribution in [0.2, 0.25) is 0 Å². The molecule has 3 aromatic rings. The number of aromatic nitrogens is 1. The number of nitrogens with zero attached hydrogens (tertiary/aromatic N) is 2. The van der Waals surface area contributed by atoms with E-state index in [2.05, 4.69) is 9.71 Å². The van der Waals surface area contributed by atoms with Gasteiger partial charge in [0, 0.05) is 38.0 Å². The van der Waals surface area contributed by atoms with Gasteiger partial charge >= 0.3 is 0 Å². The summed E-state index contributed by atoms with van der Waals surface area (Å²) in [7, 11) is -3.58. The molecule has 0 spiro atoms. The summed E-state index contributed by atoms with van der Waals surface area (Å²) in [5, 5.41) is 0. The summed E-state index contributed by atoms with van der Waals surface area (Å²) in [6, 6.07) is 12.7. The molecular weight excluding hydrogens is 457 g/mol. The predicted molar refractivity (Wildman–Crippen MR) is 126 cm³/mol. The van der Waals surface area contributed by atoms with Gasteiger partial charge in [-0.1, -0.05) is 17.7 Å². The largest absolute Gasteiger partial charge is 0.441 e. The average molecular weight is 486 g/mol. The molecule has 1 saturated heterocycles. The lowest BCUT2D eigenvalue weighted by Gasteiger charge is -2.33. The Bertz CT molecular complexity index is 1220. The molecular formula is C25H28FN3O4S. The fraction of sp³-hybridized carbons (Fsp3) is 0.360. The normalized spacial score (nSPS) is 16.5. The molecule has 0 radical (unpaired) electrons. The Morgan fingerprint density at radius 1 is 1.18 bits per heavy atom. The second-order valence-electron chi connectivity index (χ2n) is 8.64. The topological polar surface area (TPSA) is 92.5 Å². The highest BCUT2D eigenvalue weighted by Gasteiger charge is 2.25. The molecule has 0 bridgehead atoms. The molecule has 1 unspecified atom stereocenters. The Hall–Kier alpha value is -3.04. The molecule has 1 aliphatic heterocycles. The van der Waals surface area contributed by atoms with E-state index in [1.807, 2.05) is 6.92 Å². The van der Waals surface area contributed by atoms with Crippen molar-refractivity contribution in [1.29, 1.82) is 0 Å². The van der Waals surface area contributed by atoms with Gasteiger partial charge in [0.15, 0.2) is 11.7 Å². The number of aryl methyl sites for hydroxylation is 2. The molecule has 0 aliphatic carbocycles. The van der Waals surface area contributed by atoms with Gasteiger partial charge in [-0.2, -0.15) is 0 Å². The minimum atomic E-state index is -3.58. The number of hydrogen-bond acceptors (Lipinski definition) is 5. The van der Waals surface area contributed by atoms with Gasteiger partial charge in [-0.3, -0.25) is 4.79 Å². The summed E-state index contributed by atoms with van der Waals surface area (Å²) in [4.78, 5) is 19.0. The molecule has 180 valence electrons. The molecule has 2 heterocycles. The van der Waals surface area contributed by atoms with Gasteiger partial charge in [0.05, 0.1) is 11.1 Å². The van der Waals surface area contributed by atoms with Crippen molar-refractivity contribution in [3.63, 3.8) is 0 Å². The van der Waals surface area contributed by atoms with Gasteiger partial charge < -0.3 is 9.32 Å². The van der Waals surface area contributed by atoms with Crippen LogP contribution in [-0.4, -0.2) is 43.8 Å². The van der Waals surface area contributed by atoms with Gasteiger partial charge in [-0.15, -0.1) is 0 Å². The zero-order valence-electron chi connectivity index (χ0n) is 19.0. The van der Waals surface area contributed by atoms with Crippen LogP contribution in [0.5, 0.6) is 0 Å². The third-order valence-electron chi connectivity index (χ3n) is 6.00. The molecule has 1 aliphatic rings. The molecule has 1 fully saturated rings. The van der Waals surface area contributed by atoms with E-state index in [9.17, 15) is 17.6 Å². The lowest BCUT2D eigenvalue weighted by Crippen LogP contribution is -2.43. The van der Waals surface area contributed by atoms with Crippen LogP contribution in [0.15, 0.2) is 64.0 Å². The quantitative estimate of drug-likeness (QED) is 0.522. The van der Waals surface area contributed by atoms with Crippen LogP contribution in [-0.2, 0) is 21.2 Å². The molecule has 1 atom stereocenters. The molecule has 34 heavy (non-hydrogen) atoms. The number of oxazole rings is 1. The molecule has 1 N–H and O–H groups in total. The van der Waals surface area contributed by atoms with E-state index >= 15 is 0 Å². The first-order chi connectivity index (χ1) is 16.3. The van der Waals surface area contributed by atoms with E-state index in [0.29, 0.717) is 37.7 Å². The summed E-state index contributed by atoms with van der Waals surface area (Å²) < 4.78 is 46.6. The lowest BCUT2D eigenvalue weighted by molar-refractivity contribution is -0.133. The molecule has 0 saturated carbocycles. The molecule has 7 nitrogen and oxygen atoms in total. The molecule has 1 aromatic heterocycles. The highest BCUT2D eigenvalue weighted by molar-refractivity contribution is 7.89. The number of sulfonamides is 1. The van der Waals surface area contributed by atoms with Crippen molar-refractivity contribution in [3.05, 3.63) is 72.0 Å². The Balaban J connectivity index is 1.27. The Morgan fingerprint density at radius 2 is 1.91 bits per heavy atom. The van der Waals surface area contributed by atoms with Crippen molar-refractivity contribution in [2.75, 3.05) is 19.6 Å². The standard InChI is InChI=1S/C25H28FN3O4S/c1-18-4-10-22(11-5-18)34(31,32)28-15-19-3-2-14-29(17-19)25(30)13-12-24-27-16-23(33-24)20-6-8-21(26)9-7-20/h4-11,16,19,28H,2-3,12-15,17H2,1H3. The highest BCUT2D eigenvalue weighted by Crippen LogP contribution is 2.22. The Labute approximate surface area is 199 Å². The molecule has 4 rings (SSSR count). The zero-order valence-corrected chi connectivity index (χ0v) is 19.9. The van der Waals surface area contributed by atoms with Crippen molar-refractivity contribution in [3.8, 4) is 11.3 Å². The van der Waals surface area contributed by atoms with Crippen LogP contribution in [0.25, 0.3) is 11.3 Å². The summed E-state index contributed by atoms with van der Waals surface area (Å²) in [5.41, 5.74) is 1.72. The fourth-order valence-electron chi connectivity index (χ4n) is 4.03. The first kappa shape index (κ1) is 24.1. The monoisotopic (exact) mass is 485 g/mol.